The van der Waals surface area contributed by atoms with Crippen LogP contribution in [0.25, 0.3) is 0 Å². The number of non-ortho nitro benzene ring substituents is 1. The molecule has 0 unspecified atom stereocenters. The fraction of sp³-hybridized carbons (Fsp3) is 0.167. The Morgan fingerprint density at radius 2 is 2.30 bits per heavy atom. The number of nitrogens with zero attached hydrogens (tertiary/aromatic N) is 3. The molecule has 0 saturated carbocycles. The zero-order valence-electron chi connectivity index (χ0n) is 10.6. The van der Waals surface area contributed by atoms with Crippen molar-refractivity contribution >= 4 is 17.3 Å². The zero-order valence-corrected chi connectivity index (χ0v) is 10.6. The minimum atomic E-state index is -1.14. The second-order valence-electron chi connectivity index (χ2n) is 4.17. The average molecular weight is 276 g/mol. The normalized spacial score (nSPS) is 10.2. The standard InChI is InChI=1S/C12H12N4O4/c1-15-7-8(6-14-15)5-13-11-4-9(16(19)20)2-3-10(11)12(17)18/h2-4,6-7,13H,5H2,1H3,(H,17,18). The number of carboxylic acids is 1. The Bertz CT molecular complexity index is 665. The Labute approximate surface area is 113 Å². The van der Waals surface area contributed by atoms with Gasteiger partial charge < -0.3 is 10.4 Å². The largest absolute Gasteiger partial charge is 0.478 e. The van der Waals surface area contributed by atoms with Crippen molar-refractivity contribution in [2.24, 2.45) is 7.05 Å². The first-order valence-electron chi connectivity index (χ1n) is 5.70. The lowest BCUT2D eigenvalue weighted by atomic mass is 10.1. The van der Waals surface area contributed by atoms with Crippen LogP contribution in [0.2, 0.25) is 0 Å². The number of benzene rings is 1. The molecule has 1 aromatic carbocycles. The molecule has 0 saturated heterocycles. The molecule has 8 nitrogen and oxygen atoms in total. The summed E-state index contributed by atoms with van der Waals surface area (Å²) in [4.78, 5) is 21.3. The van der Waals surface area contributed by atoms with Crippen LogP contribution in [0.4, 0.5) is 11.4 Å². The van der Waals surface area contributed by atoms with E-state index in [9.17, 15) is 14.9 Å². The molecule has 0 fully saturated rings. The van der Waals surface area contributed by atoms with Gasteiger partial charge in [-0.25, -0.2) is 4.79 Å². The highest BCUT2D eigenvalue weighted by atomic mass is 16.6. The van der Waals surface area contributed by atoms with Gasteiger partial charge in [-0.1, -0.05) is 0 Å². The minimum absolute atomic E-state index is 0.0144. The third-order valence-corrected chi connectivity index (χ3v) is 2.69. The van der Waals surface area contributed by atoms with Crippen molar-refractivity contribution in [1.82, 2.24) is 9.78 Å². The van der Waals surface area contributed by atoms with E-state index in [1.54, 1.807) is 24.1 Å². The lowest BCUT2D eigenvalue weighted by molar-refractivity contribution is -0.384. The summed E-state index contributed by atoms with van der Waals surface area (Å²) in [6.07, 6.45) is 3.40. The number of hydrogen-bond donors (Lipinski definition) is 2. The number of nitrogens with one attached hydrogen (secondary N) is 1. The molecule has 0 bridgehead atoms. The Hall–Kier alpha value is -2.90. The smallest absolute Gasteiger partial charge is 0.337 e. The van der Waals surface area contributed by atoms with Crippen molar-refractivity contribution < 1.29 is 14.8 Å². The average Bonchev–Trinajstić information content (AvgIpc) is 2.81. The summed E-state index contributed by atoms with van der Waals surface area (Å²) in [7, 11) is 1.76. The fourth-order valence-corrected chi connectivity index (χ4v) is 1.74. The quantitative estimate of drug-likeness (QED) is 0.634. The van der Waals surface area contributed by atoms with Crippen LogP contribution in [0.5, 0.6) is 0 Å². The second-order valence-corrected chi connectivity index (χ2v) is 4.17. The lowest BCUT2D eigenvalue weighted by Gasteiger charge is -2.08. The molecule has 1 aromatic heterocycles. The number of aromatic nitrogens is 2. The number of nitro groups is 1. The molecule has 1 heterocycles. The SMILES string of the molecule is Cn1cc(CNc2cc([N+](=O)[O-])ccc2C(=O)O)cn1. The van der Waals surface area contributed by atoms with Crippen molar-refractivity contribution in [2.45, 2.75) is 6.54 Å². The number of nitro benzene ring substituents is 1. The third kappa shape index (κ3) is 2.91. The first kappa shape index (κ1) is 13.5. The van der Waals surface area contributed by atoms with Crippen LogP contribution in [0.15, 0.2) is 30.6 Å². The molecule has 2 aromatic rings. The summed E-state index contributed by atoms with van der Waals surface area (Å²) in [6, 6.07) is 3.59. The molecule has 0 spiro atoms. The topological polar surface area (TPSA) is 110 Å². The molecule has 0 aliphatic carbocycles. The molecular weight excluding hydrogens is 264 g/mol. The minimum Gasteiger partial charge on any atom is -0.478 e. The van der Waals surface area contributed by atoms with E-state index in [1.807, 2.05) is 0 Å². The Kier molecular flexibility index (Phi) is 3.65. The Balaban J connectivity index is 2.25. The summed E-state index contributed by atoms with van der Waals surface area (Å²) in [5, 5.41) is 26.7. The van der Waals surface area contributed by atoms with Crippen LogP contribution in [-0.4, -0.2) is 25.8 Å². The van der Waals surface area contributed by atoms with Gasteiger partial charge in [-0.2, -0.15) is 5.10 Å². The third-order valence-electron chi connectivity index (χ3n) is 2.69. The first-order chi connectivity index (χ1) is 9.47. The summed E-state index contributed by atoms with van der Waals surface area (Å²) in [5.74, 6) is -1.14. The van der Waals surface area contributed by atoms with E-state index in [-0.39, 0.29) is 16.9 Å². The summed E-state index contributed by atoms with van der Waals surface area (Å²) < 4.78 is 1.61. The maximum absolute atomic E-state index is 11.1. The molecule has 0 aliphatic heterocycles. The molecule has 8 heteroatoms. The van der Waals surface area contributed by atoms with Crippen molar-refractivity contribution in [2.75, 3.05) is 5.32 Å². The van der Waals surface area contributed by atoms with Gasteiger partial charge in [0.25, 0.3) is 5.69 Å². The number of hydrogen-bond acceptors (Lipinski definition) is 5. The van der Waals surface area contributed by atoms with Crippen molar-refractivity contribution in [1.29, 1.82) is 0 Å². The summed E-state index contributed by atoms with van der Waals surface area (Å²) in [6.45, 7) is 0.329. The van der Waals surface area contributed by atoms with Crippen molar-refractivity contribution in [3.63, 3.8) is 0 Å². The highest BCUT2D eigenvalue weighted by Gasteiger charge is 2.15. The number of aryl methyl sites for hydroxylation is 1. The number of rotatable bonds is 5. The molecule has 0 radical (unpaired) electrons. The van der Waals surface area contributed by atoms with Crippen molar-refractivity contribution in [3.8, 4) is 0 Å². The van der Waals surface area contributed by atoms with E-state index in [0.29, 0.717) is 6.54 Å². The molecular formula is C12H12N4O4. The maximum atomic E-state index is 11.1. The van der Waals surface area contributed by atoms with Gasteiger partial charge in [-0.3, -0.25) is 14.8 Å². The van der Waals surface area contributed by atoms with Crippen LogP contribution in [0.3, 0.4) is 0 Å². The highest BCUT2D eigenvalue weighted by molar-refractivity contribution is 5.94. The van der Waals surface area contributed by atoms with E-state index in [4.69, 9.17) is 5.11 Å². The van der Waals surface area contributed by atoms with Crippen LogP contribution in [0, 0.1) is 10.1 Å². The summed E-state index contributed by atoms with van der Waals surface area (Å²) in [5.41, 5.74) is 0.870. The van der Waals surface area contributed by atoms with Crippen LogP contribution in [0.1, 0.15) is 15.9 Å². The van der Waals surface area contributed by atoms with Crippen molar-refractivity contribution in [3.05, 3.63) is 51.8 Å². The molecule has 20 heavy (non-hydrogen) atoms. The van der Waals surface area contributed by atoms with E-state index in [1.165, 1.54) is 18.2 Å². The molecule has 2 rings (SSSR count). The number of carboxylic acid groups (broad SMARTS) is 1. The summed E-state index contributed by atoms with van der Waals surface area (Å²) >= 11 is 0. The van der Waals surface area contributed by atoms with Gasteiger partial charge in [-0.05, 0) is 6.07 Å². The number of aromatic carboxylic acids is 1. The highest BCUT2D eigenvalue weighted by Crippen LogP contribution is 2.23. The van der Waals surface area contributed by atoms with Crippen LogP contribution < -0.4 is 5.32 Å². The van der Waals surface area contributed by atoms with Gasteiger partial charge in [0, 0.05) is 37.5 Å². The van der Waals surface area contributed by atoms with Gasteiger partial charge in [-0.15, -0.1) is 0 Å². The second kappa shape index (κ2) is 5.39. The van der Waals surface area contributed by atoms with E-state index < -0.39 is 10.9 Å². The maximum Gasteiger partial charge on any atom is 0.337 e. The van der Waals surface area contributed by atoms with E-state index in [2.05, 4.69) is 10.4 Å². The van der Waals surface area contributed by atoms with Gasteiger partial charge >= 0.3 is 5.97 Å². The van der Waals surface area contributed by atoms with E-state index >= 15 is 0 Å². The fourth-order valence-electron chi connectivity index (χ4n) is 1.74. The van der Waals surface area contributed by atoms with Gasteiger partial charge in [0.1, 0.15) is 0 Å². The number of anilines is 1. The Morgan fingerprint density at radius 3 is 2.85 bits per heavy atom. The number of carbonyl (C=O) groups is 1. The predicted molar refractivity (Wildman–Crippen MR) is 70.6 cm³/mol. The predicted octanol–water partition coefficient (Wildman–Crippen LogP) is 1.64. The molecule has 104 valence electrons. The zero-order chi connectivity index (χ0) is 14.7. The first-order valence-corrected chi connectivity index (χ1v) is 5.70. The monoisotopic (exact) mass is 276 g/mol. The van der Waals surface area contributed by atoms with Gasteiger partial charge in [0.2, 0.25) is 0 Å². The lowest BCUT2D eigenvalue weighted by Crippen LogP contribution is -2.06. The Morgan fingerprint density at radius 1 is 1.55 bits per heavy atom. The van der Waals surface area contributed by atoms with Crippen LogP contribution in [-0.2, 0) is 13.6 Å². The molecule has 0 aliphatic rings. The van der Waals surface area contributed by atoms with Gasteiger partial charge in [0.15, 0.2) is 0 Å². The molecule has 0 amide bonds. The van der Waals surface area contributed by atoms with Crippen LogP contribution >= 0.6 is 0 Å². The molecule has 0 atom stereocenters. The van der Waals surface area contributed by atoms with E-state index in [0.717, 1.165) is 5.56 Å². The van der Waals surface area contributed by atoms with Gasteiger partial charge in [0.05, 0.1) is 22.4 Å². The molecule has 2 N–H and O–H groups in total.